The molecule has 0 spiro atoms. The third-order valence-electron chi connectivity index (χ3n) is 5.05. The monoisotopic (exact) mass is 380 g/mol. The van der Waals surface area contributed by atoms with Gasteiger partial charge >= 0.3 is 0 Å². The minimum Gasteiger partial charge on any atom is -0.484 e. The Kier molecular flexibility index (Phi) is 7.06. The molecule has 148 valence electrons. The second-order valence-electron chi connectivity index (χ2n) is 7.20. The Morgan fingerprint density at radius 2 is 1.50 bits per heavy atom. The number of carbonyl (C=O) groups excluding carboxylic acids is 2. The third kappa shape index (κ3) is 5.84. The summed E-state index contributed by atoms with van der Waals surface area (Å²) < 4.78 is 5.56. The summed E-state index contributed by atoms with van der Waals surface area (Å²) in [5.41, 5.74) is 2.41. The van der Waals surface area contributed by atoms with Gasteiger partial charge in [0.25, 0.3) is 5.91 Å². The highest BCUT2D eigenvalue weighted by atomic mass is 16.5. The maximum Gasteiger partial charge on any atom is 0.260 e. The van der Waals surface area contributed by atoms with E-state index in [0.717, 1.165) is 12.8 Å². The summed E-state index contributed by atoms with van der Waals surface area (Å²) in [5, 5.41) is 0. The zero-order chi connectivity index (χ0) is 19.8. The second kappa shape index (κ2) is 9.93. The number of para-hydroxylation sites is 1. The van der Waals surface area contributed by atoms with E-state index in [2.05, 4.69) is 31.2 Å². The summed E-state index contributed by atoms with van der Waals surface area (Å²) in [7, 11) is 0. The Morgan fingerprint density at radius 1 is 0.857 bits per heavy atom. The Hall–Kier alpha value is -2.82. The molecule has 5 heteroatoms. The van der Waals surface area contributed by atoms with E-state index in [1.54, 1.807) is 4.90 Å². The van der Waals surface area contributed by atoms with Crippen molar-refractivity contribution in [3.8, 4) is 5.75 Å². The molecular formula is C23H28N2O3. The first-order valence-electron chi connectivity index (χ1n) is 9.91. The summed E-state index contributed by atoms with van der Waals surface area (Å²) in [6.45, 7) is 4.61. The zero-order valence-electron chi connectivity index (χ0n) is 16.5. The molecule has 1 heterocycles. The smallest absolute Gasteiger partial charge is 0.260 e. The van der Waals surface area contributed by atoms with Gasteiger partial charge in [-0.1, -0.05) is 48.0 Å². The number of rotatable bonds is 6. The molecule has 0 radical (unpaired) electrons. The van der Waals surface area contributed by atoms with Crippen LogP contribution in [0.2, 0.25) is 0 Å². The summed E-state index contributed by atoms with van der Waals surface area (Å²) in [6, 6.07) is 17.7. The average molecular weight is 380 g/mol. The highest BCUT2D eigenvalue weighted by Crippen LogP contribution is 2.11. The SMILES string of the molecule is Cc1ccc(CCC(=O)N2CCCN(C(=O)COc3ccccc3)CC2)cc1. The van der Waals surface area contributed by atoms with Crippen molar-refractivity contribution < 1.29 is 14.3 Å². The van der Waals surface area contributed by atoms with Crippen LogP contribution in [0.4, 0.5) is 0 Å². The van der Waals surface area contributed by atoms with Gasteiger partial charge in [-0.25, -0.2) is 0 Å². The summed E-state index contributed by atoms with van der Waals surface area (Å²) in [6.07, 6.45) is 2.06. The van der Waals surface area contributed by atoms with E-state index in [0.29, 0.717) is 38.3 Å². The van der Waals surface area contributed by atoms with Crippen LogP contribution in [0.1, 0.15) is 24.0 Å². The minimum atomic E-state index is -0.0298. The lowest BCUT2D eigenvalue weighted by atomic mass is 10.1. The lowest BCUT2D eigenvalue weighted by Gasteiger charge is -2.22. The van der Waals surface area contributed by atoms with Gasteiger partial charge in [0.05, 0.1) is 0 Å². The van der Waals surface area contributed by atoms with E-state index in [9.17, 15) is 9.59 Å². The van der Waals surface area contributed by atoms with Crippen LogP contribution in [0.15, 0.2) is 54.6 Å². The van der Waals surface area contributed by atoms with Gasteiger partial charge in [0.1, 0.15) is 5.75 Å². The Balaban J connectivity index is 1.43. The van der Waals surface area contributed by atoms with E-state index < -0.39 is 0 Å². The number of aryl methyl sites for hydroxylation is 2. The highest BCUT2D eigenvalue weighted by Gasteiger charge is 2.22. The van der Waals surface area contributed by atoms with E-state index in [-0.39, 0.29) is 18.4 Å². The van der Waals surface area contributed by atoms with Gasteiger partial charge in [-0.05, 0) is 37.5 Å². The molecule has 0 saturated carbocycles. The molecule has 1 aliphatic rings. The lowest BCUT2D eigenvalue weighted by molar-refractivity contribution is -0.134. The fourth-order valence-corrected chi connectivity index (χ4v) is 3.33. The predicted octanol–water partition coefficient (Wildman–Crippen LogP) is 3.07. The summed E-state index contributed by atoms with van der Waals surface area (Å²) in [4.78, 5) is 28.7. The third-order valence-corrected chi connectivity index (χ3v) is 5.05. The van der Waals surface area contributed by atoms with Crippen molar-refractivity contribution in [2.24, 2.45) is 0 Å². The maximum atomic E-state index is 12.6. The minimum absolute atomic E-state index is 0.0298. The van der Waals surface area contributed by atoms with Crippen molar-refractivity contribution in [2.45, 2.75) is 26.2 Å². The molecule has 0 bridgehead atoms. The zero-order valence-corrected chi connectivity index (χ0v) is 16.5. The number of benzene rings is 2. The topological polar surface area (TPSA) is 49.9 Å². The number of nitrogens with zero attached hydrogens (tertiary/aromatic N) is 2. The van der Waals surface area contributed by atoms with Gasteiger partial charge in [-0.3, -0.25) is 9.59 Å². The van der Waals surface area contributed by atoms with Crippen molar-refractivity contribution in [3.05, 3.63) is 65.7 Å². The van der Waals surface area contributed by atoms with Crippen LogP contribution in [0.25, 0.3) is 0 Å². The van der Waals surface area contributed by atoms with Crippen molar-refractivity contribution in [3.63, 3.8) is 0 Å². The first-order chi connectivity index (χ1) is 13.6. The molecule has 2 aromatic carbocycles. The quantitative estimate of drug-likeness (QED) is 0.774. The normalized spacial score (nSPS) is 14.5. The lowest BCUT2D eigenvalue weighted by Crippen LogP contribution is -2.39. The maximum absolute atomic E-state index is 12.6. The molecule has 5 nitrogen and oxygen atoms in total. The standard InChI is InChI=1S/C23H28N2O3/c1-19-8-10-20(11-9-19)12-13-22(26)24-14-5-15-25(17-16-24)23(27)18-28-21-6-3-2-4-7-21/h2-4,6-11H,5,12-18H2,1H3. The van der Waals surface area contributed by atoms with Crippen molar-refractivity contribution in [1.82, 2.24) is 9.80 Å². The van der Waals surface area contributed by atoms with Crippen molar-refractivity contribution in [2.75, 3.05) is 32.8 Å². The molecule has 3 rings (SSSR count). The van der Waals surface area contributed by atoms with E-state index in [4.69, 9.17) is 4.74 Å². The van der Waals surface area contributed by atoms with Crippen LogP contribution in [0, 0.1) is 6.92 Å². The van der Waals surface area contributed by atoms with Crippen molar-refractivity contribution >= 4 is 11.8 Å². The van der Waals surface area contributed by atoms with Gasteiger partial charge in [0, 0.05) is 32.6 Å². The second-order valence-corrected chi connectivity index (χ2v) is 7.20. The molecule has 1 aliphatic heterocycles. The van der Waals surface area contributed by atoms with Gasteiger partial charge in [-0.2, -0.15) is 0 Å². The Labute approximate surface area is 166 Å². The molecule has 1 saturated heterocycles. The van der Waals surface area contributed by atoms with Crippen LogP contribution in [-0.2, 0) is 16.0 Å². The molecule has 0 N–H and O–H groups in total. The number of hydrogen-bond acceptors (Lipinski definition) is 3. The van der Waals surface area contributed by atoms with E-state index in [1.807, 2.05) is 35.2 Å². The van der Waals surface area contributed by atoms with Crippen molar-refractivity contribution in [1.29, 1.82) is 0 Å². The average Bonchev–Trinajstić information content (AvgIpc) is 2.98. The molecule has 0 aliphatic carbocycles. The fourth-order valence-electron chi connectivity index (χ4n) is 3.33. The number of hydrogen-bond donors (Lipinski definition) is 0. The number of amides is 2. The van der Waals surface area contributed by atoms with Gasteiger partial charge in [0.15, 0.2) is 6.61 Å². The molecular weight excluding hydrogens is 352 g/mol. The van der Waals surface area contributed by atoms with Crippen LogP contribution in [0.3, 0.4) is 0 Å². The molecule has 2 aromatic rings. The summed E-state index contributed by atoms with van der Waals surface area (Å²) in [5.74, 6) is 0.826. The fraction of sp³-hybridized carbons (Fsp3) is 0.391. The molecule has 0 atom stereocenters. The van der Waals surface area contributed by atoms with Crippen LogP contribution in [0.5, 0.6) is 5.75 Å². The van der Waals surface area contributed by atoms with Crippen LogP contribution in [-0.4, -0.2) is 54.4 Å². The molecule has 1 fully saturated rings. The Morgan fingerprint density at radius 3 is 2.18 bits per heavy atom. The molecule has 28 heavy (non-hydrogen) atoms. The van der Waals surface area contributed by atoms with Crippen LogP contribution >= 0.6 is 0 Å². The van der Waals surface area contributed by atoms with E-state index in [1.165, 1.54) is 11.1 Å². The predicted molar refractivity (Wildman–Crippen MR) is 109 cm³/mol. The van der Waals surface area contributed by atoms with Gasteiger partial charge < -0.3 is 14.5 Å². The molecule has 2 amide bonds. The first-order valence-corrected chi connectivity index (χ1v) is 9.91. The first kappa shape index (κ1) is 19.9. The van der Waals surface area contributed by atoms with Gasteiger partial charge in [-0.15, -0.1) is 0 Å². The van der Waals surface area contributed by atoms with Crippen LogP contribution < -0.4 is 4.74 Å². The highest BCUT2D eigenvalue weighted by molar-refractivity contribution is 5.79. The largest absolute Gasteiger partial charge is 0.484 e. The van der Waals surface area contributed by atoms with E-state index >= 15 is 0 Å². The Bertz CT molecular complexity index is 774. The molecule has 0 aromatic heterocycles. The number of ether oxygens (including phenoxy) is 1. The number of carbonyl (C=O) groups is 2. The van der Waals surface area contributed by atoms with Gasteiger partial charge in [0.2, 0.25) is 5.91 Å². The summed E-state index contributed by atoms with van der Waals surface area (Å²) >= 11 is 0. The molecule has 0 unspecified atom stereocenters.